The van der Waals surface area contributed by atoms with E-state index in [1.54, 1.807) is 0 Å². The Morgan fingerprint density at radius 2 is 2.06 bits per heavy atom. The van der Waals surface area contributed by atoms with Crippen LogP contribution < -0.4 is 5.32 Å². The molecule has 96 valence electrons. The fourth-order valence-electron chi connectivity index (χ4n) is 2.19. The smallest absolute Gasteiger partial charge is 0.0349 e. The maximum atomic E-state index is 4.24. The van der Waals surface area contributed by atoms with Crippen molar-refractivity contribution in [3.8, 4) is 0 Å². The van der Waals surface area contributed by atoms with Gasteiger partial charge in [0.25, 0.3) is 0 Å². The minimum absolute atomic E-state index is 0.470. The van der Waals surface area contributed by atoms with Crippen LogP contribution in [-0.2, 0) is 6.42 Å². The third-order valence-electron chi connectivity index (χ3n) is 3.48. The molecule has 0 saturated carbocycles. The first-order chi connectivity index (χ1) is 8.24. The molecule has 0 bridgehead atoms. The molecule has 1 aromatic heterocycles. The van der Waals surface area contributed by atoms with E-state index in [1.807, 2.05) is 12.4 Å². The summed E-state index contributed by atoms with van der Waals surface area (Å²) in [6.07, 6.45) is 7.37. The van der Waals surface area contributed by atoms with Gasteiger partial charge in [-0.05, 0) is 42.5 Å². The van der Waals surface area contributed by atoms with Gasteiger partial charge in [0.2, 0.25) is 0 Å². The molecular formula is C15H26N2. The van der Waals surface area contributed by atoms with Crippen LogP contribution in [0, 0.1) is 5.92 Å². The van der Waals surface area contributed by atoms with Crippen molar-refractivity contribution in [1.82, 2.24) is 10.3 Å². The number of hydrogen-bond donors (Lipinski definition) is 1. The van der Waals surface area contributed by atoms with Crippen molar-refractivity contribution in [2.45, 2.75) is 53.0 Å². The van der Waals surface area contributed by atoms with E-state index in [9.17, 15) is 0 Å². The van der Waals surface area contributed by atoms with E-state index in [1.165, 1.54) is 24.0 Å². The van der Waals surface area contributed by atoms with Crippen molar-refractivity contribution >= 4 is 0 Å². The highest BCUT2D eigenvalue weighted by atomic mass is 14.9. The largest absolute Gasteiger partial charge is 0.310 e. The first-order valence-electron chi connectivity index (χ1n) is 6.90. The summed E-state index contributed by atoms with van der Waals surface area (Å²) in [5.74, 6) is 0.661. The van der Waals surface area contributed by atoms with E-state index in [2.05, 4.69) is 44.1 Å². The summed E-state index contributed by atoms with van der Waals surface area (Å²) < 4.78 is 0. The maximum absolute atomic E-state index is 4.24. The zero-order valence-electron chi connectivity index (χ0n) is 11.7. The van der Waals surface area contributed by atoms with Gasteiger partial charge in [-0.15, -0.1) is 0 Å². The fourth-order valence-corrected chi connectivity index (χ4v) is 2.19. The number of pyridine rings is 1. The molecule has 2 heteroatoms. The van der Waals surface area contributed by atoms with E-state index >= 15 is 0 Å². The van der Waals surface area contributed by atoms with Crippen molar-refractivity contribution in [1.29, 1.82) is 0 Å². The van der Waals surface area contributed by atoms with E-state index in [0.717, 1.165) is 13.0 Å². The Kier molecular flexibility index (Phi) is 6.20. The third-order valence-corrected chi connectivity index (χ3v) is 3.48. The summed E-state index contributed by atoms with van der Waals surface area (Å²) in [6, 6.07) is 2.65. The summed E-state index contributed by atoms with van der Waals surface area (Å²) in [6.45, 7) is 10.1. The minimum Gasteiger partial charge on any atom is -0.310 e. The molecule has 0 fully saturated rings. The molecule has 0 spiro atoms. The summed E-state index contributed by atoms with van der Waals surface area (Å²) >= 11 is 0. The maximum Gasteiger partial charge on any atom is 0.0349 e. The van der Waals surface area contributed by atoms with Gasteiger partial charge in [-0.1, -0.05) is 34.1 Å². The highest BCUT2D eigenvalue weighted by molar-refractivity contribution is 5.27. The Bertz CT molecular complexity index is 322. The quantitative estimate of drug-likeness (QED) is 0.777. The van der Waals surface area contributed by atoms with E-state index in [-0.39, 0.29) is 0 Å². The SMILES string of the molecule is CCCNC(c1ccncc1CC)C(C)CC. The molecule has 0 radical (unpaired) electrons. The fraction of sp³-hybridized carbons (Fsp3) is 0.667. The molecule has 2 unspecified atom stereocenters. The Balaban J connectivity index is 2.94. The molecule has 0 amide bonds. The summed E-state index contributed by atoms with van der Waals surface area (Å²) in [4.78, 5) is 4.24. The molecule has 2 nitrogen and oxygen atoms in total. The van der Waals surface area contributed by atoms with Crippen LogP contribution in [0.4, 0.5) is 0 Å². The first-order valence-corrected chi connectivity index (χ1v) is 6.90. The molecule has 0 aliphatic carbocycles. The number of rotatable bonds is 7. The second-order valence-corrected chi connectivity index (χ2v) is 4.75. The third kappa shape index (κ3) is 3.81. The Morgan fingerprint density at radius 3 is 2.65 bits per heavy atom. The summed E-state index contributed by atoms with van der Waals surface area (Å²) in [5, 5.41) is 3.68. The zero-order valence-corrected chi connectivity index (χ0v) is 11.7. The lowest BCUT2D eigenvalue weighted by Crippen LogP contribution is -2.28. The van der Waals surface area contributed by atoms with Crippen LogP contribution >= 0.6 is 0 Å². The standard InChI is InChI=1S/C15H26N2/c1-5-9-17-15(12(4)6-2)14-8-10-16-11-13(14)7-3/h8,10-12,15,17H,5-7,9H2,1-4H3. The minimum atomic E-state index is 0.470. The molecule has 17 heavy (non-hydrogen) atoms. The molecule has 1 rings (SSSR count). The molecule has 0 aromatic carbocycles. The second kappa shape index (κ2) is 7.44. The van der Waals surface area contributed by atoms with Gasteiger partial charge in [-0.2, -0.15) is 0 Å². The van der Waals surface area contributed by atoms with Gasteiger partial charge < -0.3 is 5.32 Å². The highest BCUT2D eigenvalue weighted by Gasteiger charge is 2.19. The average Bonchev–Trinajstić information content (AvgIpc) is 2.39. The summed E-state index contributed by atoms with van der Waals surface area (Å²) in [5.41, 5.74) is 2.81. The van der Waals surface area contributed by atoms with Gasteiger partial charge >= 0.3 is 0 Å². The van der Waals surface area contributed by atoms with Gasteiger partial charge in [-0.25, -0.2) is 0 Å². The predicted molar refractivity (Wildman–Crippen MR) is 74.1 cm³/mol. The van der Waals surface area contributed by atoms with Crippen molar-refractivity contribution in [3.63, 3.8) is 0 Å². The van der Waals surface area contributed by atoms with Crippen molar-refractivity contribution < 1.29 is 0 Å². The molecule has 1 N–H and O–H groups in total. The number of hydrogen-bond acceptors (Lipinski definition) is 2. The van der Waals surface area contributed by atoms with Gasteiger partial charge in [0.05, 0.1) is 0 Å². The van der Waals surface area contributed by atoms with Crippen molar-refractivity contribution in [2.75, 3.05) is 6.54 Å². The molecule has 0 aliphatic rings. The zero-order chi connectivity index (χ0) is 12.7. The van der Waals surface area contributed by atoms with Gasteiger partial charge in [0.15, 0.2) is 0 Å². The average molecular weight is 234 g/mol. The van der Waals surface area contributed by atoms with Crippen LogP contribution in [-0.4, -0.2) is 11.5 Å². The lowest BCUT2D eigenvalue weighted by molar-refractivity contribution is 0.375. The molecule has 0 aliphatic heterocycles. The summed E-state index contributed by atoms with van der Waals surface area (Å²) in [7, 11) is 0. The van der Waals surface area contributed by atoms with Gasteiger partial charge in [0, 0.05) is 18.4 Å². The van der Waals surface area contributed by atoms with Crippen LogP contribution in [0.5, 0.6) is 0 Å². The van der Waals surface area contributed by atoms with E-state index in [4.69, 9.17) is 0 Å². The Morgan fingerprint density at radius 1 is 1.29 bits per heavy atom. The first kappa shape index (κ1) is 14.2. The number of aryl methyl sites for hydroxylation is 1. The molecule has 2 atom stereocenters. The Hall–Kier alpha value is -0.890. The highest BCUT2D eigenvalue weighted by Crippen LogP contribution is 2.26. The predicted octanol–water partition coefficient (Wildman–Crippen LogP) is 3.73. The van der Waals surface area contributed by atoms with E-state index in [0.29, 0.717) is 12.0 Å². The van der Waals surface area contributed by atoms with Crippen LogP contribution in [0.15, 0.2) is 18.5 Å². The lowest BCUT2D eigenvalue weighted by Gasteiger charge is -2.26. The normalized spacial score (nSPS) is 14.6. The molecule has 1 heterocycles. The van der Waals surface area contributed by atoms with Gasteiger partial charge in [-0.3, -0.25) is 4.98 Å². The molecular weight excluding hydrogens is 208 g/mol. The Labute approximate surface area is 106 Å². The van der Waals surface area contributed by atoms with Crippen LogP contribution in [0.2, 0.25) is 0 Å². The van der Waals surface area contributed by atoms with Gasteiger partial charge in [0.1, 0.15) is 0 Å². The van der Waals surface area contributed by atoms with Crippen LogP contribution in [0.1, 0.15) is 57.7 Å². The number of aromatic nitrogens is 1. The number of nitrogens with one attached hydrogen (secondary N) is 1. The van der Waals surface area contributed by atoms with Crippen molar-refractivity contribution in [2.24, 2.45) is 5.92 Å². The van der Waals surface area contributed by atoms with E-state index < -0.39 is 0 Å². The molecule has 0 saturated heterocycles. The van der Waals surface area contributed by atoms with Crippen molar-refractivity contribution in [3.05, 3.63) is 29.6 Å². The monoisotopic (exact) mass is 234 g/mol. The topological polar surface area (TPSA) is 24.9 Å². The number of nitrogens with zero attached hydrogens (tertiary/aromatic N) is 1. The van der Waals surface area contributed by atoms with Crippen LogP contribution in [0.25, 0.3) is 0 Å². The van der Waals surface area contributed by atoms with Crippen LogP contribution in [0.3, 0.4) is 0 Å². The molecule has 1 aromatic rings. The second-order valence-electron chi connectivity index (χ2n) is 4.75. The lowest BCUT2D eigenvalue weighted by atomic mass is 9.89.